The van der Waals surface area contributed by atoms with E-state index in [0.29, 0.717) is 6.04 Å². The van der Waals surface area contributed by atoms with E-state index >= 15 is 0 Å². The molecular formula is C16H28N2. The third-order valence-corrected chi connectivity index (χ3v) is 3.47. The third kappa shape index (κ3) is 5.63. The summed E-state index contributed by atoms with van der Waals surface area (Å²) in [6, 6.07) is 4.79. The number of hydrogen-bond acceptors (Lipinski definition) is 2. The van der Waals surface area contributed by atoms with Crippen molar-refractivity contribution in [2.75, 3.05) is 0 Å². The van der Waals surface area contributed by atoms with Crippen LogP contribution in [0.4, 0.5) is 0 Å². The standard InChI is InChI=1S/C16H28N2/c1-4-6-7-11-15(9-5-2)18-13-16-14(3)10-8-12-17-16/h8,10,12,15,18H,4-7,9,11,13H2,1-3H3. The molecule has 2 heteroatoms. The Hall–Kier alpha value is -0.890. The van der Waals surface area contributed by atoms with Crippen molar-refractivity contribution in [3.05, 3.63) is 29.6 Å². The first kappa shape index (κ1) is 15.2. The van der Waals surface area contributed by atoms with Gasteiger partial charge in [-0.1, -0.05) is 45.6 Å². The van der Waals surface area contributed by atoms with Gasteiger partial charge in [0.05, 0.1) is 5.69 Å². The zero-order valence-electron chi connectivity index (χ0n) is 12.2. The van der Waals surface area contributed by atoms with Gasteiger partial charge in [0.25, 0.3) is 0 Å². The average Bonchev–Trinajstić information content (AvgIpc) is 2.38. The smallest absolute Gasteiger partial charge is 0.0570 e. The maximum atomic E-state index is 4.44. The number of pyridine rings is 1. The summed E-state index contributed by atoms with van der Waals surface area (Å²) in [4.78, 5) is 4.44. The van der Waals surface area contributed by atoms with Crippen LogP contribution in [-0.2, 0) is 6.54 Å². The van der Waals surface area contributed by atoms with Crippen molar-refractivity contribution in [3.8, 4) is 0 Å². The zero-order valence-corrected chi connectivity index (χ0v) is 12.2. The Morgan fingerprint density at radius 2 is 2.00 bits per heavy atom. The van der Waals surface area contributed by atoms with Gasteiger partial charge < -0.3 is 5.32 Å². The molecule has 0 saturated heterocycles. The van der Waals surface area contributed by atoms with E-state index in [9.17, 15) is 0 Å². The van der Waals surface area contributed by atoms with Crippen molar-refractivity contribution in [1.82, 2.24) is 10.3 Å². The highest BCUT2D eigenvalue weighted by molar-refractivity contribution is 5.17. The van der Waals surface area contributed by atoms with Gasteiger partial charge in [0, 0.05) is 18.8 Å². The van der Waals surface area contributed by atoms with Crippen LogP contribution in [0.3, 0.4) is 0 Å². The number of nitrogens with one attached hydrogen (secondary N) is 1. The number of unbranched alkanes of at least 4 members (excludes halogenated alkanes) is 2. The minimum atomic E-state index is 0.656. The van der Waals surface area contributed by atoms with Crippen LogP contribution in [0.15, 0.2) is 18.3 Å². The van der Waals surface area contributed by atoms with Gasteiger partial charge in [-0.25, -0.2) is 0 Å². The summed E-state index contributed by atoms with van der Waals surface area (Å²) in [6.07, 6.45) is 9.71. The molecule has 102 valence electrons. The normalized spacial score (nSPS) is 12.6. The molecule has 1 unspecified atom stereocenters. The van der Waals surface area contributed by atoms with Crippen LogP contribution in [0.25, 0.3) is 0 Å². The topological polar surface area (TPSA) is 24.9 Å². The molecule has 2 nitrogen and oxygen atoms in total. The van der Waals surface area contributed by atoms with Crippen molar-refractivity contribution in [1.29, 1.82) is 0 Å². The summed E-state index contributed by atoms with van der Waals surface area (Å²) in [5.74, 6) is 0. The molecule has 1 rings (SSSR count). The molecule has 1 aromatic heterocycles. The molecule has 0 aliphatic heterocycles. The average molecular weight is 248 g/mol. The first-order valence-corrected chi connectivity index (χ1v) is 7.41. The molecule has 1 atom stereocenters. The van der Waals surface area contributed by atoms with Gasteiger partial charge >= 0.3 is 0 Å². The van der Waals surface area contributed by atoms with E-state index in [1.807, 2.05) is 12.3 Å². The van der Waals surface area contributed by atoms with E-state index in [4.69, 9.17) is 0 Å². The number of nitrogens with zero attached hydrogens (tertiary/aromatic N) is 1. The summed E-state index contributed by atoms with van der Waals surface area (Å²) in [6.45, 7) is 7.57. The minimum absolute atomic E-state index is 0.656. The molecule has 0 aliphatic rings. The Labute approximate surface area is 112 Å². The molecular weight excluding hydrogens is 220 g/mol. The quantitative estimate of drug-likeness (QED) is 0.662. The van der Waals surface area contributed by atoms with Crippen molar-refractivity contribution in [2.24, 2.45) is 0 Å². The van der Waals surface area contributed by atoms with Gasteiger partial charge in [-0.3, -0.25) is 4.98 Å². The van der Waals surface area contributed by atoms with Crippen LogP contribution >= 0.6 is 0 Å². The van der Waals surface area contributed by atoms with Crippen LogP contribution in [-0.4, -0.2) is 11.0 Å². The monoisotopic (exact) mass is 248 g/mol. The number of hydrogen-bond donors (Lipinski definition) is 1. The molecule has 1 aromatic rings. The fourth-order valence-corrected chi connectivity index (χ4v) is 2.28. The zero-order chi connectivity index (χ0) is 13.2. The molecule has 0 spiro atoms. The van der Waals surface area contributed by atoms with Gasteiger partial charge in [0.15, 0.2) is 0 Å². The van der Waals surface area contributed by atoms with Gasteiger partial charge in [0.2, 0.25) is 0 Å². The molecule has 18 heavy (non-hydrogen) atoms. The van der Waals surface area contributed by atoms with Gasteiger partial charge in [-0.05, 0) is 31.4 Å². The van der Waals surface area contributed by atoms with E-state index in [2.05, 4.69) is 37.1 Å². The first-order chi connectivity index (χ1) is 8.77. The molecule has 1 N–H and O–H groups in total. The predicted molar refractivity (Wildman–Crippen MR) is 78.7 cm³/mol. The lowest BCUT2D eigenvalue weighted by Crippen LogP contribution is -2.29. The molecule has 0 aromatic carbocycles. The maximum absolute atomic E-state index is 4.44. The van der Waals surface area contributed by atoms with Crippen molar-refractivity contribution < 1.29 is 0 Å². The van der Waals surface area contributed by atoms with Crippen molar-refractivity contribution >= 4 is 0 Å². The van der Waals surface area contributed by atoms with E-state index < -0.39 is 0 Å². The highest BCUT2D eigenvalue weighted by Crippen LogP contribution is 2.10. The van der Waals surface area contributed by atoms with Crippen molar-refractivity contribution in [2.45, 2.75) is 71.9 Å². The highest BCUT2D eigenvalue weighted by atomic mass is 14.9. The Morgan fingerprint density at radius 3 is 2.67 bits per heavy atom. The van der Waals surface area contributed by atoms with Crippen LogP contribution in [0, 0.1) is 6.92 Å². The number of rotatable bonds is 9. The first-order valence-electron chi connectivity index (χ1n) is 7.41. The van der Waals surface area contributed by atoms with Crippen LogP contribution in [0.5, 0.6) is 0 Å². The highest BCUT2D eigenvalue weighted by Gasteiger charge is 2.07. The second-order valence-corrected chi connectivity index (χ2v) is 5.13. The van der Waals surface area contributed by atoms with Crippen molar-refractivity contribution in [3.63, 3.8) is 0 Å². The minimum Gasteiger partial charge on any atom is -0.308 e. The summed E-state index contributed by atoms with van der Waals surface area (Å²) in [5.41, 5.74) is 2.47. The second-order valence-electron chi connectivity index (χ2n) is 5.13. The Kier molecular flexibility index (Phi) is 7.66. The molecule has 0 fully saturated rings. The van der Waals surface area contributed by atoms with E-state index in [1.165, 1.54) is 49.8 Å². The second kappa shape index (κ2) is 9.09. The lowest BCUT2D eigenvalue weighted by atomic mass is 10.0. The fourth-order valence-electron chi connectivity index (χ4n) is 2.28. The van der Waals surface area contributed by atoms with Gasteiger partial charge in [0.1, 0.15) is 0 Å². The van der Waals surface area contributed by atoms with E-state index in [-0.39, 0.29) is 0 Å². The summed E-state index contributed by atoms with van der Waals surface area (Å²) >= 11 is 0. The molecule has 0 radical (unpaired) electrons. The van der Waals surface area contributed by atoms with Gasteiger partial charge in [-0.2, -0.15) is 0 Å². The fraction of sp³-hybridized carbons (Fsp3) is 0.688. The lowest BCUT2D eigenvalue weighted by Gasteiger charge is -2.18. The van der Waals surface area contributed by atoms with E-state index in [0.717, 1.165) is 6.54 Å². The van der Waals surface area contributed by atoms with Crippen LogP contribution < -0.4 is 5.32 Å². The Bertz CT molecular complexity index is 323. The largest absolute Gasteiger partial charge is 0.308 e. The van der Waals surface area contributed by atoms with Crippen LogP contribution in [0.2, 0.25) is 0 Å². The predicted octanol–water partition coefficient (Wildman–Crippen LogP) is 4.23. The van der Waals surface area contributed by atoms with Crippen LogP contribution in [0.1, 0.15) is 63.6 Å². The summed E-state index contributed by atoms with van der Waals surface area (Å²) in [7, 11) is 0. The number of aryl methyl sites for hydroxylation is 1. The molecule has 0 bridgehead atoms. The SMILES string of the molecule is CCCCCC(CCC)NCc1ncccc1C. The number of aromatic nitrogens is 1. The Balaban J connectivity index is 2.39. The summed E-state index contributed by atoms with van der Waals surface area (Å²) < 4.78 is 0. The molecule has 0 saturated carbocycles. The molecule has 0 aliphatic carbocycles. The van der Waals surface area contributed by atoms with E-state index in [1.54, 1.807) is 0 Å². The molecule has 1 heterocycles. The third-order valence-electron chi connectivity index (χ3n) is 3.47. The maximum Gasteiger partial charge on any atom is 0.0570 e. The molecule has 0 amide bonds. The lowest BCUT2D eigenvalue weighted by molar-refractivity contribution is 0.427. The Morgan fingerprint density at radius 1 is 1.17 bits per heavy atom. The van der Waals surface area contributed by atoms with Gasteiger partial charge in [-0.15, -0.1) is 0 Å². The summed E-state index contributed by atoms with van der Waals surface area (Å²) in [5, 5.41) is 3.67.